The van der Waals surface area contributed by atoms with E-state index in [-0.39, 0.29) is 18.3 Å². The molecule has 0 aliphatic carbocycles. The first-order valence-corrected chi connectivity index (χ1v) is 15.6. The Hall–Kier alpha value is -5.01. The average molecular weight is 636 g/mol. The molecule has 0 radical (unpaired) electrons. The Labute approximate surface area is 273 Å². The van der Waals surface area contributed by atoms with Gasteiger partial charge in [0.05, 0.1) is 12.3 Å². The van der Waals surface area contributed by atoms with E-state index in [4.69, 9.17) is 21.3 Å². The van der Waals surface area contributed by atoms with Crippen LogP contribution >= 0.6 is 11.6 Å². The highest BCUT2D eigenvalue weighted by molar-refractivity contribution is 6.30. The number of carbonyl (C=O) groups excluding carboxylic acids is 2. The van der Waals surface area contributed by atoms with E-state index in [1.54, 1.807) is 12.1 Å². The molecule has 0 spiro atoms. The zero-order chi connectivity index (χ0) is 32.3. The fraction of sp³-hybridized carbons (Fsp3) is 0.184. The van der Waals surface area contributed by atoms with Crippen LogP contribution in [0.25, 0.3) is 34.5 Å². The summed E-state index contributed by atoms with van der Waals surface area (Å²) >= 11 is 6.26. The molecule has 1 aromatic heterocycles. The van der Waals surface area contributed by atoms with Crippen LogP contribution in [0.5, 0.6) is 5.75 Å². The van der Waals surface area contributed by atoms with Crippen LogP contribution in [0.4, 0.5) is 4.39 Å². The van der Waals surface area contributed by atoms with E-state index in [1.807, 2.05) is 77.5 Å². The molecule has 0 saturated carbocycles. The molecule has 0 aliphatic heterocycles. The van der Waals surface area contributed by atoms with Gasteiger partial charge in [0.25, 0.3) is 0 Å². The minimum absolute atomic E-state index is 0.0681. The van der Waals surface area contributed by atoms with Crippen molar-refractivity contribution in [2.45, 2.75) is 39.3 Å². The second-order valence-electron chi connectivity index (χ2n) is 10.8. The van der Waals surface area contributed by atoms with Crippen molar-refractivity contribution in [2.24, 2.45) is 0 Å². The molecule has 6 nitrogen and oxygen atoms in total. The average Bonchev–Trinajstić information content (AvgIpc) is 3.47. The third-order valence-electron chi connectivity index (χ3n) is 7.51. The number of aromatic nitrogens is 2. The van der Waals surface area contributed by atoms with E-state index in [9.17, 15) is 14.0 Å². The predicted molar refractivity (Wildman–Crippen MR) is 182 cm³/mol. The number of halogens is 2. The van der Waals surface area contributed by atoms with Gasteiger partial charge in [-0.25, -0.2) is 9.37 Å². The molecule has 0 aliphatic rings. The maximum atomic E-state index is 13.3. The van der Waals surface area contributed by atoms with Gasteiger partial charge in [0.2, 0.25) is 5.91 Å². The van der Waals surface area contributed by atoms with Gasteiger partial charge >= 0.3 is 0 Å². The summed E-state index contributed by atoms with van der Waals surface area (Å²) in [5.74, 6) is 0.912. The Kier molecular flexibility index (Phi) is 11.1. The first-order chi connectivity index (χ1) is 22.4. The Morgan fingerprint density at radius 1 is 0.957 bits per heavy atom. The highest BCUT2D eigenvalue weighted by atomic mass is 35.5. The van der Waals surface area contributed by atoms with Crippen LogP contribution in [-0.2, 0) is 29.1 Å². The monoisotopic (exact) mass is 635 g/mol. The van der Waals surface area contributed by atoms with Crippen LogP contribution in [0.1, 0.15) is 42.3 Å². The van der Waals surface area contributed by atoms with Crippen LogP contribution < -0.4 is 10.1 Å². The Morgan fingerprint density at radius 3 is 2.37 bits per heavy atom. The number of rotatable bonds is 14. The smallest absolute Gasteiger partial charge is 0.240 e. The second kappa shape index (κ2) is 15.8. The van der Waals surface area contributed by atoms with Crippen molar-refractivity contribution < 1.29 is 18.7 Å². The molecule has 0 atom stereocenters. The van der Waals surface area contributed by atoms with E-state index >= 15 is 0 Å². The van der Waals surface area contributed by atoms with Crippen molar-refractivity contribution >= 4 is 35.9 Å². The number of imidazole rings is 1. The van der Waals surface area contributed by atoms with Gasteiger partial charge in [-0.1, -0.05) is 79.2 Å². The number of nitrogens with one attached hydrogen (secondary N) is 1. The third kappa shape index (κ3) is 8.79. The molecule has 46 heavy (non-hydrogen) atoms. The normalized spacial score (nSPS) is 11.1. The van der Waals surface area contributed by atoms with Gasteiger partial charge in [0.1, 0.15) is 30.2 Å². The number of nitrogens with zero attached hydrogens (tertiary/aromatic N) is 2. The highest BCUT2D eigenvalue weighted by Gasteiger charge is 2.14. The van der Waals surface area contributed by atoms with E-state index < -0.39 is 0 Å². The van der Waals surface area contributed by atoms with Gasteiger partial charge in [-0.3, -0.25) is 4.79 Å². The molecule has 0 saturated heterocycles. The Bertz CT molecular complexity index is 1800. The minimum Gasteiger partial charge on any atom is -0.494 e. The molecule has 0 unspecified atom stereocenters. The van der Waals surface area contributed by atoms with E-state index in [0.29, 0.717) is 36.8 Å². The number of amides is 1. The lowest BCUT2D eigenvalue weighted by atomic mass is 10.0. The summed E-state index contributed by atoms with van der Waals surface area (Å²) in [7, 11) is 0. The molecular weight excluding hydrogens is 601 g/mol. The molecule has 1 N–H and O–H groups in total. The summed E-state index contributed by atoms with van der Waals surface area (Å²) in [6.07, 6.45) is 8.66. The number of aryl methyl sites for hydroxylation is 1. The maximum absolute atomic E-state index is 13.3. The van der Waals surface area contributed by atoms with E-state index in [0.717, 1.165) is 57.5 Å². The standard InChI is InChI=1S/C38H35ClFN3O3/c1-2-29-23-32(39)14-19-35(29)36-25-43(26-38(45)41-24-28-7-15-33(40)16-8-28)37(42-36)20-9-27-5-10-30(11-6-27)31-12-17-34(18-13-31)46-22-4-3-21-44/h5-21,23,25H,2-4,22,24,26H2,1H3,(H,41,45)/b20-9+. The number of benzene rings is 4. The van der Waals surface area contributed by atoms with Crippen LogP contribution in [0.15, 0.2) is 97.2 Å². The molecule has 1 heterocycles. The van der Waals surface area contributed by atoms with Crippen molar-refractivity contribution in [3.8, 4) is 28.1 Å². The van der Waals surface area contributed by atoms with Gasteiger partial charge in [0.15, 0.2) is 0 Å². The second-order valence-corrected chi connectivity index (χ2v) is 11.2. The van der Waals surface area contributed by atoms with Gasteiger partial charge in [0, 0.05) is 29.7 Å². The van der Waals surface area contributed by atoms with Gasteiger partial charge in [-0.15, -0.1) is 0 Å². The fourth-order valence-corrected chi connectivity index (χ4v) is 5.19. The van der Waals surface area contributed by atoms with Crippen LogP contribution in [-0.4, -0.2) is 28.4 Å². The van der Waals surface area contributed by atoms with Crippen molar-refractivity contribution in [1.82, 2.24) is 14.9 Å². The number of carbonyl (C=O) groups is 2. The lowest BCUT2D eigenvalue weighted by Gasteiger charge is -2.08. The summed E-state index contributed by atoms with van der Waals surface area (Å²) in [4.78, 5) is 28.3. The first-order valence-electron chi connectivity index (χ1n) is 15.2. The maximum Gasteiger partial charge on any atom is 0.240 e. The Morgan fingerprint density at radius 2 is 1.67 bits per heavy atom. The lowest BCUT2D eigenvalue weighted by molar-refractivity contribution is -0.121. The molecule has 4 aromatic carbocycles. The van der Waals surface area contributed by atoms with Gasteiger partial charge < -0.3 is 19.4 Å². The quantitative estimate of drug-likeness (QED) is 0.0982. The molecule has 234 valence electrons. The summed E-state index contributed by atoms with van der Waals surface area (Å²) < 4.78 is 20.8. The molecule has 5 rings (SSSR count). The lowest BCUT2D eigenvalue weighted by Crippen LogP contribution is -2.27. The van der Waals surface area contributed by atoms with Crippen molar-refractivity contribution in [3.63, 3.8) is 0 Å². The molecule has 5 aromatic rings. The molecule has 1 amide bonds. The van der Waals surface area contributed by atoms with Crippen LogP contribution in [0, 0.1) is 5.82 Å². The first kappa shape index (κ1) is 32.4. The van der Waals surface area contributed by atoms with Gasteiger partial charge in [-0.05, 0) is 83.1 Å². The number of hydrogen-bond acceptors (Lipinski definition) is 4. The van der Waals surface area contributed by atoms with Crippen LogP contribution in [0.2, 0.25) is 5.02 Å². The number of ether oxygens (including phenoxy) is 1. The molecule has 0 fully saturated rings. The number of hydrogen-bond donors (Lipinski definition) is 1. The highest BCUT2D eigenvalue weighted by Crippen LogP contribution is 2.28. The van der Waals surface area contributed by atoms with Gasteiger partial charge in [-0.2, -0.15) is 0 Å². The van der Waals surface area contributed by atoms with Crippen molar-refractivity contribution in [3.05, 3.63) is 131 Å². The summed E-state index contributed by atoms with van der Waals surface area (Å²) in [5, 5.41) is 3.58. The summed E-state index contributed by atoms with van der Waals surface area (Å²) in [6.45, 7) is 2.95. The zero-order valence-electron chi connectivity index (χ0n) is 25.6. The number of unbranched alkanes of at least 4 members (excludes halogenated alkanes) is 1. The SMILES string of the molecule is CCc1cc(Cl)ccc1-c1cn(CC(=O)NCc2ccc(F)cc2)c(/C=C/c2ccc(-c3ccc(OCCCC=O)cc3)cc2)n1. The Balaban J connectivity index is 1.32. The molecule has 0 bridgehead atoms. The predicted octanol–water partition coefficient (Wildman–Crippen LogP) is 8.42. The summed E-state index contributed by atoms with van der Waals surface area (Å²) in [5.41, 5.74) is 6.73. The number of aldehydes is 1. The molecule has 8 heteroatoms. The third-order valence-corrected chi connectivity index (χ3v) is 7.74. The molecular formula is C38H35ClFN3O3. The topological polar surface area (TPSA) is 73.2 Å². The van der Waals surface area contributed by atoms with Crippen molar-refractivity contribution in [1.29, 1.82) is 0 Å². The largest absolute Gasteiger partial charge is 0.494 e. The fourth-order valence-electron chi connectivity index (χ4n) is 5.00. The van der Waals surface area contributed by atoms with Crippen LogP contribution in [0.3, 0.4) is 0 Å². The van der Waals surface area contributed by atoms with E-state index in [1.165, 1.54) is 12.1 Å². The minimum atomic E-state index is -0.316. The zero-order valence-corrected chi connectivity index (χ0v) is 26.3. The van der Waals surface area contributed by atoms with Crippen molar-refractivity contribution in [2.75, 3.05) is 6.61 Å². The summed E-state index contributed by atoms with van der Waals surface area (Å²) in [6, 6.07) is 27.9. The van der Waals surface area contributed by atoms with E-state index in [2.05, 4.69) is 24.4 Å².